The Hall–Kier alpha value is -0.0800. The fourth-order valence-corrected chi connectivity index (χ4v) is 0.964. The van der Waals surface area contributed by atoms with E-state index in [4.69, 9.17) is 11.5 Å². The summed E-state index contributed by atoms with van der Waals surface area (Å²) in [6.45, 7) is 2.89. The van der Waals surface area contributed by atoms with Gasteiger partial charge in [0.05, 0.1) is 0 Å². The van der Waals surface area contributed by atoms with Gasteiger partial charge in [-0.2, -0.15) is 0 Å². The van der Waals surface area contributed by atoms with E-state index in [9.17, 15) is 0 Å². The predicted molar refractivity (Wildman–Crippen MR) is 45.8 cm³/mol. The van der Waals surface area contributed by atoms with E-state index in [1.165, 1.54) is 25.7 Å². The highest BCUT2D eigenvalue weighted by molar-refractivity contribution is 4.53. The van der Waals surface area contributed by atoms with Crippen molar-refractivity contribution in [3.63, 3.8) is 0 Å². The van der Waals surface area contributed by atoms with Gasteiger partial charge in [-0.1, -0.05) is 19.3 Å². The summed E-state index contributed by atoms with van der Waals surface area (Å²) in [6.07, 6.45) is 6.14. The smallest absolute Gasteiger partial charge is 0.00104 e. The zero-order valence-corrected chi connectivity index (χ0v) is 6.97. The lowest BCUT2D eigenvalue weighted by molar-refractivity contribution is 0.569. The van der Waals surface area contributed by atoms with Crippen molar-refractivity contribution in [2.75, 3.05) is 6.54 Å². The lowest BCUT2D eigenvalue weighted by Gasteiger charge is -2.02. The summed E-state index contributed by atoms with van der Waals surface area (Å²) in [7, 11) is 0. The molecule has 0 saturated heterocycles. The fraction of sp³-hybridized carbons (Fsp3) is 1.00. The molecule has 0 aliphatic heterocycles. The van der Waals surface area contributed by atoms with Gasteiger partial charge < -0.3 is 11.5 Å². The molecule has 2 heteroatoms. The van der Waals surface area contributed by atoms with Crippen molar-refractivity contribution in [3.8, 4) is 0 Å². The van der Waals surface area contributed by atoms with Crippen LogP contribution in [0, 0.1) is 0 Å². The van der Waals surface area contributed by atoms with E-state index in [-0.39, 0.29) is 0 Å². The fourth-order valence-electron chi connectivity index (χ4n) is 0.964. The van der Waals surface area contributed by atoms with Crippen LogP contribution in [0.4, 0.5) is 0 Å². The van der Waals surface area contributed by atoms with E-state index < -0.39 is 0 Å². The molecule has 10 heavy (non-hydrogen) atoms. The second kappa shape index (κ2) is 7.03. The van der Waals surface area contributed by atoms with Gasteiger partial charge in [0.2, 0.25) is 0 Å². The van der Waals surface area contributed by atoms with Gasteiger partial charge in [-0.3, -0.25) is 0 Å². The van der Waals surface area contributed by atoms with E-state index in [1.54, 1.807) is 0 Å². The Balaban J connectivity index is 2.77. The van der Waals surface area contributed by atoms with Gasteiger partial charge in [0.25, 0.3) is 0 Å². The molecule has 2 nitrogen and oxygen atoms in total. The largest absolute Gasteiger partial charge is 0.330 e. The summed E-state index contributed by atoms with van der Waals surface area (Å²) in [6, 6.07) is 0.373. The molecule has 0 aliphatic rings. The van der Waals surface area contributed by atoms with Crippen LogP contribution >= 0.6 is 0 Å². The van der Waals surface area contributed by atoms with Crippen molar-refractivity contribution in [1.82, 2.24) is 0 Å². The Morgan fingerprint density at radius 3 is 2.20 bits per heavy atom. The van der Waals surface area contributed by atoms with Crippen LogP contribution in [0.3, 0.4) is 0 Å². The molecule has 1 atom stereocenters. The Bertz CT molecular complexity index is 62.3. The first-order valence-corrected chi connectivity index (χ1v) is 4.23. The molecule has 0 aliphatic carbocycles. The van der Waals surface area contributed by atoms with Gasteiger partial charge in [0.1, 0.15) is 0 Å². The molecule has 0 aromatic heterocycles. The third-order valence-electron chi connectivity index (χ3n) is 1.61. The molecular weight excluding hydrogens is 124 g/mol. The lowest BCUT2D eigenvalue weighted by atomic mass is 10.1. The molecule has 0 unspecified atom stereocenters. The summed E-state index contributed by atoms with van der Waals surface area (Å²) in [5, 5.41) is 0. The molecule has 0 aromatic rings. The van der Waals surface area contributed by atoms with Crippen LogP contribution in [0.25, 0.3) is 0 Å². The van der Waals surface area contributed by atoms with Gasteiger partial charge in [-0.25, -0.2) is 0 Å². The minimum atomic E-state index is 0.373. The summed E-state index contributed by atoms with van der Waals surface area (Å²) in [5.74, 6) is 0. The monoisotopic (exact) mass is 144 g/mol. The molecular formula is C8H20N2. The molecule has 0 heterocycles. The van der Waals surface area contributed by atoms with E-state index >= 15 is 0 Å². The van der Waals surface area contributed by atoms with Crippen molar-refractivity contribution >= 4 is 0 Å². The quantitative estimate of drug-likeness (QED) is 0.551. The number of hydrogen-bond acceptors (Lipinski definition) is 2. The van der Waals surface area contributed by atoms with E-state index in [2.05, 4.69) is 6.92 Å². The average molecular weight is 144 g/mol. The average Bonchev–Trinajstić information content (AvgIpc) is 1.87. The van der Waals surface area contributed by atoms with Gasteiger partial charge in [0, 0.05) is 6.04 Å². The number of hydrogen-bond donors (Lipinski definition) is 2. The standard InChI is InChI=1S/C8H20N2/c1-8(10)6-4-2-3-5-7-9/h8H,2-7,9-10H2,1H3/t8-/m0/s1. The van der Waals surface area contributed by atoms with Crippen LogP contribution in [0.15, 0.2) is 0 Å². The lowest BCUT2D eigenvalue weighted by Crippen LogP contribution is -2.13. The zero-order valence-electron chi connectivity index (χ0n) is 6.97. The molecule has 4 N–H and O–H groups in total. The second-order valence-electron chi connectivity index (χ2n) is 2.97. The molecule has 0 rings (SSSR count). The predicted octanol–water partition coefficient (Wildman–Crippen LogP) is 1.24. The minimum absolute atomic E-state index is 0.373. The molecule has 0 bridgehead atoms. The first kappa shape index (κ1) is 9.92. The zero-order chi connectivity index (χ0) is 7.82. The summed E-state index contributed by atoms with van der Waals surface area (Å²) >= 11 is 0. The highest BCUT2D eigenvalue weighted by atomic mass is 14.6. The van der Waals surface area contributed by atoms with Gasteiger partial charge in [0.15, 0.2) is 0 Å². The summed E-state index contributed by atoms with van der Waals surface area (Å²) < 4.78 is 0. The highest BCUT2D eigenvalue weighted by Gasteiger charge is 1.92. The summed E-state index contributed by atoms with van der Waals surface area (Å²) in [5.41, 5.74) is 10.9. The molecule has 0 spiro atoms. The third-order valence-corrected chi connectivity index (χ3v) is 1.61. The maximum Gasteiger partial charge on any atom is 0.00104 e. The Kier molecular flexibility index (Phi) is 6.98. The SMILES string of the molecule is C[C@H](N)CCCCCCN. The molecule has 0 fully saturated rings. The van der Waals surface area contributed by atoms with Crippen LogP contribution in [0.5, 0.6) is 0 Å². The number of unbranched alkanes of at least 4 members (excludes halogenated alkanes) is 3. The molecule has 62 valence electrons. The summed E-state index contributed by atoms with van der Waals surface area (Å²) in [4.78, 5) is 0. The molecule has 0 aromatic carbocycles. The van der Waals surface area contributed by atoms with Crippen molar-refractivity contribution in [2.45, 2.75) is 45.1 Å². The first-order valence-electron chi connectivity index (χ1n) is 4.23. The van der Waals surface area contributed by atoms with Gasteiger partial charge in [-0.15, -0.1) is 0 Å². The number of nitrogens with two attached hydrogens (primary N) is 2. The topological polar surface area (TPSA) is 52.0 Å². The van der Waals surface area contributed by atoms with Crippen LogP contribution in [0.2, 0.25) is 0 Å². The Morgan fingerprint density at radius 1 is 1.10 bits per heavy atom. The van der Waals surface area contributed by atoms with Crippen molar-refractivity contribution in [3.05, 3.63) is 0 Å². The maximum atomic E-state index is 5.58. The molecule has 0 amide bonds. The van der Waals surface area contributed by atoms with Crippen LogP contribution in [0.1, 0.15) is 39.0 Å². The Labute approximate surface area is 64.0 Å². The van der Waals surface area contributed by atoms with Crippen LogP contribution < -0.4 is 11.5 Å². The van der Waals surface area contributed by atoms with Crippen molar-refractivity contribution in [1.29, 1.82) is 0 Å². The van der Waals surface area contributed by atoms with Crippen LogP contribution in [-0.4, -0.2) is 12.6 Å². The van der Waals surface area contributed by atoms with Crippen molar-refractivity contribution < 1.29 is 0 Å². The second-order valence-corrected chi connectivity index (χ2v) is 2.97. The van der Waals surface area contributed by atoms with E-state index in [0.717, 1.165) is 13.0 Å². The minimum Gasteiger partial charge on any atom is -0.330 e. The molecule has 0 radical (unpaired) electrons. The normalized spacial score (nSPS) is 13.5. The van der Waals surface area contributed by atoms with E-state index in [0.29, 0.717) is 6.04 Å². The third kappa shape index (κ3) is 7.92. The van der Waals surface area contributed by atoms with Crippen LogP contribution in [-0.2, 0) is 0 Å². The number of rotatable bonds is 6. The Morgan fingerprint density at radius 2 is 1.70 bits per heavy atom. The van der Waals surface area contributed by atoms with Gasteiger partial charge in [-0.05, 0) is 26.3 Å². The van der Waals surface area contributed by atoms with Gasteiger partial charge >= 0.3 is 0 Å². The highest BCUT2D eigenvalue weighted by Crippen LogP contribution is 2.03. The maximum absolute atomic E-state index is 5.58. The van der Waals surface area contributed by atoms with E-state index in [1.807, 2.05) is 0 Å². The van der Waals surface area contributed by atoms with Crippen molar-refractivity contribution in [2.24, 2.45) is 11.5 Å². The first-order chi connectivity index (χ1) is 4.77. The molecule has 0 saturated carbocycles.